The first kappa shape index (κ1) is 16.8. The van der Waals surface area contributed by atoms with Crippen molar-refractivity contribution in [1.82, 2.24) is 5.32 Å². The smallest absolute Gasteiger partial charge is 0.0452 e. The summed E-state index contributed by atoms with van der Waals surface area (Å²) < 4.78 is 0. The molecule has 0 amide bonds. The highest BCUT2D eigenvalue weighted by Crippen LogP contribution is 2.25. The van der Waals surface area contributed by atoms with Gasteiger partial charge in [0.25, 0.3) is 0 Å². The molecule has 1 unspecified atom stereocenters. The van der Waals surface area contributed by atoms with Crippen molar-refractivity contribution in [1.29, 1.82) is 0 Å². The molecule has 1 N–H and O–H groups in total. The van der Waals surface area contributed by atoms with Crippen LogP contribution in [-0.4, -0.2) is 13.1 Å². The van der Waals surface area contributed by atoms with Crippen molar-refractivity contribution in [2.24, 2.45) is 11.8 Å². The third-order valence-corrected chi connectivity index (χ3v) is 3.78. The van der Waals surface area contributed by atoms with Crippen LogP contribution >= 0.6 is 23.2 Å². The van der Waals surface area contributed by atoms with Gasteiger partial charge in [-0.25, -0.2) is 0 Å². The average molecular weight is 302 g/mol. The first-order valence-corrected chi connectivity index (χ1v) is 7.93. The maximum Gasteiger partial charge on any atom is 0.0452 e. The van der Waals surface area contributed by atoms with Gasteiger partial charge < -0.3 is 5.32 Å². The molecule has 0 aromatic heterocycles. The van der Waals surface area contributed by atoms with E-state index in [-0.39, 0.29) is 0 Å². The van der Waals surface area contributed by atoms with Gasteiger partial charge in [0.15, 0.2) is 0 Å². The number of halogens is 2. The highest BCUT2D eigenvalue weighted by atomic mass is 35.5. The van der Waals surface area contributed by atoms with Crippen LogP contribution in [0, 0.1) is 11.8 Å². The molecule has 0 spiro atoms. The van der Waals surface area contributed by atoms with Gasteiger partial charge in [-0.05, 0) is 61.9 Å². The predicted octanol–water partition coefficient (Wildman–Crippen LogP) is 5.20. The standard InChI is InChI=1S/C16H25Cl2N/c1-4-7-19-11-13(8-12(2)3)9-14-5-6-15(17)10-16(14)18/h5-6,10,12-13,19H,4,7-9,11H2,1-3H3. The Bertz CT molecular complexity index is 377. The lowest BCUT2D eigenvalue weighted by Crippen LogP contribution is -2.26. The largest absolute Gasteiger partial charge is 0.316 e. The Morgan fingerprint density at radius 1 is 1.21 bits per heavy atom. The van der Waals surface area contributed by atoms with Crippen LogP contribution in [0.1, 0.15) is 39.2 Å². The summed E-state index contributed by atoms with van der Waals surface area (Å²) in [6.45, 7) is 8.89. The summed E-state index contributed by atoms with van der Waals surface area (Å²) in [5.41, 5.74) is 1.20. The van der Waals surface area contributed by atoms with Gasteiger partial charge in [0, 0.05) is 10.0 Å². The highest BCUT2D eigenvalue weighted by Gasteiger charge is 2.13. The number of rotatable bonds is 8. The third-order valence-electron chi connectivity index (χ3n) is 3.19. The molecule has 0 aliphatic heterocycles. The maximum atomic E-state index is 6.27. The van der Waals surface area contributed by atoms with E-state index in [2.05, 4.69) is 32.2 Å². The molecular formula is C16H25Cl2N. The van der Waals surface area contributed by atoms with E-state index in [0.29, 0.717) is 16.9 Å². The second-order valence-electron chi connectivity index (χ2n) is 5.64. The zero-order valence-electron chi connectivity index (χ0n) is 12.2. The van der Waals surface area contributed by atoms with E-state index in [1.54, 1.807) is 0 Å². The highest BCUT2D eigenvalue weighted by molar-refractivity contribution is 6.35. The molecule has 0 saturated heterocycles. The van der Waals surface area contributed by atoms with Crippen LogP contribution in [0.5, 0.6) is 0 Å². The normalized spacial score (nSPS) is 12.9. The van der Waals surface area contributed by atoms with Gasteiger partial charge >= 0.3 is 0 Å². The molecule has 1 aromatic rings. The van der Waals surface area contributed by atoms with Crippen LogP contribution in [0.4, 0.5) is 0 Å². The van der Waals surface area contributed by atoms with Crippen LogP contribution in [0.3, 0.4) is 0 Å². The zero-order valence-corrected chi connectivity index (χ0v) is 13.7. The van der Waals surface area contributed by atoms with E-state index >= 15 is 0 Å². The van der Waals surface area contributed by atoms with E-state index in [0.717, 1.165) is 24.5 Å². The molecule has 0 radical (unpaired) electrons. The van der Waals surface area contributed by atoms with Crippen molar-refractivity contribution in [2.45, 2.75) is 40.0 Å². The van der Waals surface area contributed by atoms with Crippen LogP contribution in [-0.2, 0) is 6.42 Å². The van der Waals surface area contributed by atoms with E-state index in [9.17, 15) is 0 Å². The Kier molecular flexibility index (Phi) is 7.82. The molecular weight excluding hydrogens is 277 g/mol. The average Bonchev–Trinajstić information content (AvgIpc) is 2.32. The van der Waals surface area contributed by atoms with Gasteiger partial charge in [-0.3, -0.25) is 0 Å². The lowest BCUT2D eigenvalue weighted by atomic mass is 9.91. The van der Waals surface area contributed by atoms with Crippen molar-refractivity contribution in [2.75, 3.05) is 13.1 Å². The second-order valence-corrected chi connectivity index (χ2v) is 6.48. The lowest BCUT2D eigenvalue weighted by molar-refractivity contribution is 0.385. The quantitative estimate of drug-likeness (QED) is 0.651. The Morgan fingerprint density at radius 2 is 1.95 bits per heavy atom. The minimum absolute atomic E-state index is 0.630. The SMILES string of the molecule is CCCNCC(Cc1ccc(Cl)cc1Cl)CC(C)C. The molecule has 19 heavy (non-hydrogen) atoms. The zero-order chi connectivity index (χ0) is 14.3. The number of hydrogen-bond donors (Lipinski definition) is 1. The number of nitrogens with one attached hydrogen (secondary N) is 1. The van der Waals surface area contributed by atoms with Gasteiger partial charge in [-0.15, -0.1) is 0 Å². The van der Waals surface area contributed by atoms with Crippen molar-refractivity contribution in [3.63, 3.8) is 0 Å². The fourth-order valence-electron chi connectivity index (χ4n) is 2.39. The van der Waals surface area contributed by atoms with Crippen LogP contribution in [0.25, 0.3) is 0 Å². The van der Waals surface area contributed by atoms with Crippen LogP contribution in [0.2, 0.25) is 10.0 Å². The Morgan fingerprint density at radius 3 is 2.53 bits per heavy atom. The first-order chi connectivity index (χ1) is 9.02. The molecule has 0 fully saturated rings. The molecule has 1 atom stereocenters. The fourth-order valence-corrected chi connectivity index (χ4v) is 2.87. The summed E-state index contributed by atoms with van der Waals surface area (Å²) in [6, 6.07) is 5.82. The lowest BCUT2D eigenvalue weighted by Gasteiger charge is -2.20. The van der Waals surface area contributed by atoms with Crippen molar-refractivity contribution < 1.29 is 0 Å². The maximum absolute atomic E-state index is 6.27. The van der Waals surface area contributed by atoms with Gasteiger partial charge in [-0.2, -0.15) is 0 Å². The molecule has 0 aliphatic rings. The molecule has 3 heteroatoms. The topological polar surface area (TPSA) is 12.0 Å². The predicted molar refractivity (Wildman–Crippen MR) is 86.3 cm³/mol. The van der Waals surface area contributed by atoms with E-state index < -0.39 is 0 Å². The molecule has 0 bridgehead atoms. The van der Waals surface area contributed by atoms with E-state index in [1.165, 1.54) is 18.4 Å². The van der Waals surface area contributed by atoms with Gasteiger partial charge in [0.2, 0.25) is 0 Å². The van der Waals surface area contributed by atoms with Gasteiger partial charge in [0.1, 0.15) is 0 Å². The Hall–Kier alpha value is -0.240. The van der Waals surface area contributed by atoms with Crippen LogP contribution < -0.4 is 5.32 Å². The summed E-state index contributed by atoms with van der Waals surface area (Å²) in [6.07, 6.45) is 3.41. The van der Waals surface area contributed by atoms with Crippen molar-refractivity contribution in [3.8, 4) is 0 Å². The third kappa shape index (κ3) is 6.65. The molecule has 0 heterocycles. The summed E-state index contributed by atoms with van der Waals surface area (Å²) >= 11 is 12.2. The minimum atomic E-state index is 0.630. The van der Waals surface area contributed by atoms with E-state index in [4.69, 9.17) is 23.2 Å². The van der Waals surface area contributed by atoms with E-state index in [1.807, 2.05) is 12.1 Å². The minimum Gasteiger partial charge on any atom is -0.316 e. The fraction of sp³-hybridized carbons (Fsp3) is 0.625. The second kappa shape index (κ2) is 8.84. The van der Waals surface area contributed by atoms with Crippen molar-refractivity contribution >= 4 is 23.2 Å². The summed E-state index contributed by atoms with van der Waals surface area (Å²) in [5.74, 6) is 1.34. The number of hydrogen-bond acceptors (Lipinski definition) is 1. The molecule has 0 saturated carbocycles. The molecule has 108 valence electrons. The van der Waals surface area contributed by atoms with Crippen LogP contribution in [0.15, 0.2) is 18.2 Å². The van der Waals surface area contributed by atoms with Gasteiger partial charge in [-0.1, -0.05) is 50.0 Å². The van der Waals surface area contributed by atoms with Gasteiger partial charge in [0.05, 0.1) is 0 Å². The summed E-state index contributed by atoms with van der Waals surface area (Å²) in [4.78, 5) is 0. The molecule has 1 aromatic carbocycles. The number of benzene rings is 1. The molecule has 0 aliphatic carbocycles. The first-order valence-electron chi connectivity index (χ1n) is 7.17. The Balaban J connectivity index is 2.64. The Labute approximate surface area is 127 Å². The summed E-state index contributed by atoms with van der Waals surface area (Å²) in [7, 11) is 0. The van der Waals surface area contributed by atoms with Crippen molar-refractivity contribution in [3.05, 3.63) is 33.8 Å². The molecule has 1 nitrogen and oxygen atoms in total. The molecule has 1 rings (SSSR count). The summed E-state index contributed by atoms with van der Waals surface area (Å²) in [5, 5.41) is 5.02. The monoisotopic (exact) mass is 301 g/mol.